The van der Waals surface area contributed by atoms with E-state index in [2.05, 4.69) is 20.4 Å². The van der Waals surface area contributed by atoms with Crippen molar-refractivity contribution in [3.63, 3.8) is 0 Å². The van der Waals surface area contributed by atoms with Gasteiger partial charge in [0.2, 0.25) is 0 Å². The number of aryl methyl sites for hydroxylation is 1. The van der Waals surface area contributed by atoms with Gasteiger partial charge in [-0.05, 0) is 39.0 Å². The highest BCUT2D eigenvalue weighted by Crippen LogP contribution is 2.34. The summed E-state index contributed by atoms with van der Waals surface area (Å²) in [7, 11) is 0. The van der Waals surface area contributed by atoms with Crippen LogP contribution in [0, 0.1) is 6.92 Å². The molecule has 0 radical (unpaired) electrons. The Kier molecular flexibility index (Phi) is 3.58. The molecule has 6 nitrogen and oxygen atoms in total. The van der Waals surface area contributed by atoms with Gasteiger partial charge in [-0.1, -0.05) is 11.3 Å². The highest BCUT2D eigenvalue weighted by molar-refractivity contribution is 7.24. The number of hydrogen-bond donors (Lipinski definition) is 1. The summed E-state index contributed by atoms with van der Waals surface area (Å²) in [6, 6.07) is 5.83. The van der Waals surface area contributed by atoms with Crippen molar-refractivity contribution in [3.8, 4) is 0 Å². The van der Waals surface area contributed by atoms with Crippen molar-refractivity contribution in [1.29, 1.82) is 0 Å². The predicted octanol–water partition coefficient (Wildman–Crippen LogP) is 4.24. The fraction of sp³-hybridized carbons (Fsp3) is 0.250. The summed E-state index contributed by atoms with van der Waals surface area (Å²) in [6.07, 6.45) is 1.63. The number of aromatic nitrogens is 4. The van der Waals surface area contributed by atoms with E-state index in [-0.39, 0.29) is 11.9 Å². The van der Waals surface area contributed by atoms with Crippen LogP contribution in [-0.2, 0) is 0 Å². The van der Waals surface area contributed by atoms with Crippen LogP contribution in [0.15, 0.2) is 24.4 Å². The topological polar surface area (TPSA) is 72.7 Å². The van der Waals surface area contributed by atoms with Gasteiger partial charge in [0.1, 0.15) is 11.2 Å². The van der Waals surface area contributed by atoms with Crippen LogP contribution in [0.2, 0.25) is 0 Å². The first-order valence-electron chi connectivity index (χ1n) is 7.54. The molecule has 4 rings (SSSR count). The van der Waals surface area contributed by atoms with E-state index in [9.17, 15) is 4.79 Å². The number of thiazole rings is 2. The minimum atomic E-state index is -0.203. The first kappa shape index (κ1) is 15.2. The first-order valence-corrected chi connectivity index (χ1v) is 9.18. The Morgan fingerprint density at radius 3 is 2.83 bits per heavy atom. The Balaban J connectivity index is 1.70. The number of nitrogens with one attached hydrogen (secondary N) is 1. The predicted molar refractivity (Wildman–Crippen MR) is 98.1 cm³/mol. The molecule has 4 aromatic rings. The third kappa shape index (κ3) is 2.47. The minimum Gasteiger partial charge on any atom is -0.296 e. The number of benzene rings is 1. The van der Waals surface area contributed by atoms with Crippen LogP contribution in [0.4, 0.5) is 5.13 Å². The van der Waals surface area contributed by atoms with Gasteiger partial charge in [0.15, 0.2) is 5.13 Å². The van der Waals surface area contributed by atoms with Crippen LogP contribution in [0.1, 0.15) is 35.4 Å². The Labute approximate surface area is 146 Å². The second kappa shape index (κ2) is 5.64. The van der Waals surface area contributed by atoms with Crippen LogP contribution in [0.5, 0.6) is 0 Å². The Morgan fingerprint density at radius 2 is 2.04 bits per heavy atom. The molecule has 0 aliphatic carbocycles. The lowest BCUT2D eigenvalue weighted by molar-refractivity contribution is 0.101. The van der Waals surface area contributed by atoms with Gasteiger partial charge in [0.05, 0.1) is 19.9 Å². The number of fused-ring (bicyclic) bond motifs is 3. The standard InChI is InChI=1S/C16H15N5OS2/c1-8(2)21-11(6-7-17-21)15(22)20-16-19-10-4-5-12-13(14(10)24-16)18-9(3)23-12/h4-8H,1-3H3,(H,19,20,22). The van der Waals surface area contributed by atoms with Gasteiger partial charge in [-0.2, -0.15) is 5.10 Å². The van der Waals surface area contributed by atoms with Crippen LogP contribution in [0.3, 0.4) is 0 Å². The van der Waals surface area contributed by atoms with Crippen molar-refractivity contribution >= 4 is 54.1 Å². The van der Waals surface area contributed by atoms with Crippen LogP contribution < -0.4 is 5.32 Å². The van der Waals surface area contributed by atoms with Crippen molar-refractivity contribution in [1.82, 2.24) is 19.7 Å². The quantitative estimate of drug-likeness (QED) is 0.595. The summed E-state index contributed by atoms with van der Waals surface area (Å²) in [6.45, 7) is 5.97. The number of rotatable bonds is 3. The van der Waals surface area contributed by atoms with Crippen LogP contribution in [0.25, 0.3) is 20.4 Å². The molecule has 0 unspecified atom stereocenters. The molecule has 0 spiro atoms. The monoisotopic (exact) mass is 357 g/mol. The molecule has 0 aliphatic heterocycles. The van der Waals surface area contributed by atoms with Gasteiger partial charge in [-0.25, -0.2) is 9.97 Å². The number of carbonyl (C=O) groups excluding carboxylic acids is 1. The van der Waals surface area contributed by atoms with Crippen LogP contribution >= 0.6 is 22.7 Å². The molecule has 1 amide bonds. The van der Waals surface area contributed by atoms with Gasteiger partial charge in [0, 0.05) is 12.2 Å². The first-order chi connectivity index (χ1) is 11.5. The zero-order valence-corrected chi connectivity index (χ0v) is 15.0. The molecular weight excluding hydrogens is 342 g/mol. The maximum Gasteiger partial charge on any atom is 0.275 e. The minimum absolute atomic E-state index is 0.119. The van der Waals surface area contributed by atoms with Crippen molar-refractivity contribution in [2.75, 3.05) is 5.32 Å². The van der Waals surface area contributed by atoms with E-state index >= 15 is 0 Å². The molecule has 8 heteroatoms. The summed E-state index contributed by atoms with van der Waals surface area (Å²) >= 11 is 3.11. The third-order valence-electron chi connectivity index (χ3n) is 3.63. The molecule has 0 fully saturated rings. The maximum atomic E-state index is 12.5. The van der Waals surface area contributed by atoms with E-state index in [1.54, 1.807) is 28.3 Å². The normalized spacial score (nSPS) is 11.7. The largest absolute Gasteiger partial charge is 0.296 e. The highest BCUT2D eigenvalue weighted by Gasteiger charge is 2.17. The number of carbonyl (C=O) groups is 1. The third-order valence-corrected chi connectivity index (χ3v) is 5.56. The van der Waals surface area contributed by atoms with E-state index in [1.807, 2.05) is 32.9 Å². The molecule has 0 bridgehead atoms. The molecule has 0 aliphatic rings. The van der Waals surface area contributed by atoms with E-state index in [0.29, 0.717) is 10.8 Å². The lowest BCUT2D eigenvalue weighted by atomic mass is 10.3. The molecule has 0 saturated carbocycles. The molecule has 24 heavy (non-hydrogen) atoms. The SMILES string of the molecule is Cc1nc2c(ccc3nc(NC(=O)c4ccnn4C(C)C)sc32)s1. The Hall–Kier alpha value is -2.32. The van der Waals surface area contributed by atoms with Gasteiger partial charge in [0.25, 0.3) is 5.91 Å². The fourth-order valence-corrected chi connectivity index (χ4v) is 4.46. The van der Waals surface area contributed by atoms with E-state index in [1.165, 1.54) is 11.3 Å². The second-order valence-corrected chi connectivity index (χ2v) is 7.96. The zero-order valence-electron chi connectivity index (χ0n) is 13.4. The van der Waals surface area contributed by atoms with Crippen LogP contribution in [-0.4, -0.2) is 25.7 Å². The molecule has 1 aromatic carbocycles. The summed E-state index contributed by atoms with van der Waals surface area (Å²) in [4.78, 5) is 21.6. The van der Waals surface area contributed by atoms with E-state index < -0.39 is 0 Å². The average molecular weight is 357 g/mol. The highest BCUT2D eigenvalue weighted by atomic mass is 32.1. The molecule has 3 aromatic heterocycles. The van der Waals surface area contributed by atoms with E-state index in [4.69, 9.17) is 0 Å². The number of amides is 1. The number of anilines is 1. The second-order valence-electron chi connectivity index (χ2n) is 5.72. The maximum absolute atomic E-state index is 12.5. The summed E-state index contributed by atoms with van der Waals surface area (Å²) in [5, 5.41) is 8.68. The average Bonchev–Trinajstić information content (AvgIpc) is 3.21. The Bertz CT molecular complexity index is 1060. The molecule has 1 N–H and O–H groups in total. The number of nitrogens with zero attached hydrogens (tertiary/aromatic N) is 4. The summed E-state index contributed by atoms with van der Waals surface area (Å²) in [5.74, 6) is -0.203. The lowest BCUT2D eigenvalue weighted by Crippen LogP contribution is -2.18. The fourth-order valence-electron chi connectivity index (χ4n) is 2.61. The zero-order chi connectivity index (χ0) is 16.8. The van der Waals surface area contributed by atoms with Gasteiger partial charge < -0.3 is 0 Å². The Morgan fingerprint density at radius 1 is 1.21 bits per heavy atom. The van der Waals surface area contributed by atoms with E-state index in [0.717, 1.165) is 25.4 Å². The van der Waals surface area contributed by atoms with Gasteiger partial charge in [-0.3, -0.25) is 14.8 Å². The van der Waals surface area contributed by atoms with Crippen molar-refractivity contribution in [2.24, 2.45) is 0 Å². The van der Waals surface area contributed by atoms with Crippen molar-refractivity contribution in [3.05, 3.63) is 35.1 Å². The van der Waals surface area contributed by atoms with Gasteiger partial charge >= 0.3 is 0 Å². The molecule has 0 saturated heterocycles. The molecule has 122 valence electrons. The molecule has 3 heterocycles. The van der Waals surface area contributed by atoms with Gasteiger partial charge in [-0.15, -0.1) is 11.3 Å². The number of hydrogen-bond acceptors (Lipinski definition) is 6. The summed E-state index contributed by atoms with van der Waals surface area (Å²) in [5.41, 5.74) is 2.34. The smallest absolute Gasteiger partial charge is 0.275 e. The van der Waals surface area contributed by atoms with Crippen molar-refractivity contribution < 1.29 is 4.79 Å². The lowest BCUT2D eigenvalue weighted by Gasteiger charge is -2.09. The van der Waals surface area contributed by atoms with Crippen molar-refractivity contribution in [2.45, 2.75) is 26.8 Å². The summed E-state index contributed by atoms with van der Waals surface area (Å²) < 4.78 is 3.84. The molecule has 0 atom stereocenters. The molecular formula is C16H15N5OS2.